The number of piperidine rings is 1. The van der Waals surface area contributed by atoms with Crippen molar-refractivity contribution in [3.05, 3.63) is 11.9 Å². The standard InChI is InChI=1S/C15H26N4O/c1-3-8-16-13-11-15(19-9-6-5-7-10-19)18-14(17-13)12-20-4-2/h11H,3-10,12H2,1-2H3,(H,16,17,18). The zero-order valence-electron chi connectivity index (χ0n) is 12.7. The second-order valence-corrected chi connectivity index (χ2v) is 5.14. The average molecular weight is 278 g/mol. The van der Waals surface area contributed by atoms with Gasteiger partial charge in [-0.2, -0.15) is 0 Å². The second kappa shape index (κ2) is 8.04. The second-order valence-electron chi connectivity index (χ2n) is 5.14. The van der Waals surface area contributed by atoms with Gasteiger partial charge in [0.2, 0.25) is 0 Å². The predicted octanol–water partition coefficient (Wildman–Crippen LogP) is 2.83. The summed E-state index contributed by atoms with van der Waals surface area (Å²) in [6.07, 6.45) is 4.92. The third kappa shape index (κ3) is 4.34. The Labute approximate surface area is 121 Å². The normalized spacial score (nSPS) is 15.4. The number of anilines is 2. The maximum absolute atomic E-state index is 5.45. The lowest BCUT2D eigenvalue weighted by molar-refractivity contribution is 0.128. The van der Waals surface area contributed by atoms with E-state index in [1.807, 2.05) is 6.92 Å². The first-order chi connectivity index (χ1) is 9.83. The molecule has 1 N–H and O–H groups in total. The number of hydrogen-bond donors (Lipinski definition) is 1. The van der Waals surface area contributed by atoms with Gasteiger partial charge in [0.05, 0.1) is 0 Å². The highest BCUT2D eigenvalue weighted by molar-refractivity contribution is 5.49. The molecule has 0 spiro atoms. The fourth-order valence-corrected chi connectivity index (χ4v) is 2.37. The Morgan fingerprint density at radius 3 is 2.70 bits per heavy atom. The summed E-state index contributed by atoms with van der Waals surface area (Å²) in [4.78, 5) is 11.5. The molecule has 0 radical (unpaired) electrons. The van der Waals surface area contributed by atoms with Crippen molar-refractivity contribution in [2.45, 2.75) is 46.1 Å². The number of nitrogens with zero attached hydrogens (tertiary/aromatic N) is 3. The Morgan fingerprint density at radius 1 is 1.20 bits per heavy atom. The minimum absolute atomic E-state index is 0.485. The predicted molar refractivity (Wildman–Crippen MR) is 82.2 cm³/mol. The van der Waals surface area contributed by atoms with E-state index < -0.39 is 0 Å². The summed E-state index contributed by atoms with van der Waals surface area (Å²) >= 11 is 0. The summed E-state index contributed by atoms with van der Waals surface area (Å²) in [6.45, 7) is 8.45. The minimum atomic E-state index is 0.485. The lowest BCUT2D eigenvalue weighted by atomic mass is 10.1. The van der Waals surface area contributed by atoms with Gasteiger partial charge in [-0.05, 0) is 32.6 Å². The molecule has 1 aliphatic heterocycles. The first-order valence-electron chi connectivity index (χ1n) is 7.78. The number of nitrogens with one attached hydrogen (secondary N) is 1. The molecule has 0 aromatic carbocycles. The maximum atomic E-state index is 5.45. The summed E-state index contributed by atoms with van der Waals surface area (Å²) in [5, 5.41) is 3.36. The van der Waals surface area contributed by atoms with Crippen molar-refractivity contribution < 1.29 is 4.74 Å². The third-order valence-electron chi connectivity index (χ3n) is 3.43. The van der Waals surface area contributed by atoms with Crippen molar-refractivity contribution in [1.29, 1.82) is 0 Å². The minimum Gasteiger partial charge on any atom is -0.374 e. The van der Waals surface area contributed by atoms with Crippen molar-refractivity contribution in [3.63, 3.8) is 0 Å². The van der Waals surface area contributed by atoms with Crippen molar-refractivity contribution in [2.75, 3.05) is 36.5 Å². The van der Waals surface area contributed by atoms with Crippen LogP contribution in [0.2, 0.25) is 0 Å². The van der Waals surface area contributed by atoms with Crippen LogP contribution in [-0.4, -0.2) is 36.2 Å². The highest BCUT2D eigenvalue weighted by Gasteiger charge is 2.14. The zero-order valence-corrected chi connectivity index (χ0v) is 12.7. The lowest BCUT2D eigenvalue weighted by Gasteiger charge is -2.28. The number of hydrogen-bond acceptors (Lipinski definition) is 5. The van der Waals surface area contributed by atoms with E-state index in [9.17, 15) is 0 Å². The van der Waals surface area contributed by atoms with Gasteiger partial charge in [0.25, 0.3) is 0 Å². The van der Waals surface area contributed by atoms with Crippen LogP contribution >= 0.6 is 0 Å². The number of ether oxygens (including phenoxy) is 1. The van der Waals surface area contributed by atoms with Crippen molar-refractivity contribution in [3.8, 4) is 0 Å². The Hall–Kier alpha value is -1.36. The molecule has 1 aromatic heterocycles. The van der Waals surface area contributed by atoms with Gasteiger partial charge in [-0.3, -0.25) is 0 Å². The molecular weight excluding hydrogens is 252 g/mol. The molecular formula is C15H26N4O. The molecule has 2 rings (SSSR count). The van der Waals surface area contributed by atoms with Gasteiger partial charge in [0, 0.05) is 32.3 Å². The van der Waals surface area contributed by atoms with Gasteiger partial charge in [-0.1, -0.05) is 6.92 Å². The molecule has 1 fully saturated rings. The van der Waals surface area contributed by atoms with Crippen LogP contribution in [-0.2, 0) is 11.3 Å². The van der Waals surface area contributed by atoms with Crippen LogP contribution < -0.4 is 10.2 Å². The van der Waals surface area contributed by atoms with Gasteiger partial charge in [0.15, 0.2) is 5.82 Å². The van der Waals surface area contributed by atoms with Crippen LogP contribution in [0.25, 0.3) is 0 Å². The molecule has 0 unspecified atom stereocenters. The first-order valence-corrected chi connectivity index (χ1v) is 7.78. The molecule has 1 aliphatic rings. The molecule has 0 atom stereocenters. The molecule has 5 heteroatoms. The molecule has 5 nitrogen and oxygen atoms in total. The number of aromatic nitrogens is 2. The van der Waals surface area contributed by atoms with Crippen LogP contribution in [0.4, 0.5) is 11.6 Å². The molecule has 1 saturated heterocycles. The highest BCUT2D eigenvalue weighted by Crippen LogP contribution is 2.20. The fraction of sp³-hybridized carbons (Fsp3) is 0.733. The largest absolute Gasteiger partial charge is 0.374 e. The molecule has 1 aromatic rings. The molecule has 0 amide bonds. The average Bonchev–Trinajstić information content (AvgIpc) is 2.51. The van der Waals surface area contributed by atoms with E-state index in [0.717, 1.165) is 43.5 Å². The zero-order chi connectivity index (χ0) is 14.2. The molecule has 0 aliphatic carbocycles. The Morgan fingerprint density at radius 2 is 2.00 bits per heavy atom. The van der Waals surface area contributed by atoms with Gasteiger partial charge in [-0.15, -0.1) is 0 Å². The van der Waals surface area contributed by atoms with E-state index in [0.29, 0.717) is 13.2 Å². The summed E-state index contributed by atoms with van der Waals surface area (Å²) < 4.78 is 5.45. The van der Waals surface area contributed by atoms with Gasteiger partial charge < -0.3 is 15.0 Å². The highest BCUT2D eigenvalue weighted by atomic mass is 16.5. The van der Waals surface area contributed by atoms with E-state index in [2.05, 4.69) is 33.2 Å². The van der Waals surface area contributed by atoms with Crippen LogP contribution in [0.5, 0.6) is 0 Å². The topological polar surface area (TPSA) is 50.3 Å². The molecule has 0 saturated carbocycles. The van der Waals surface area contributed by atoms with Crippen molar-refractivity contribution in [1.82, 2.24) is 9.97 Å². The summed E-state index contributed by atoms with van der Waals surface area (Å²) in [5.41, 5.74) is 0. The fourth-order valence-electron chi connectivity index (χ4n) is 2.37. The SMILES string of the molecule is CCCNc1cc(N2CCCCC2)nc(COCC)n1. The monoisotopic (exact) mass is 278 g/mol. The Bertz CT molecular complexity index is 379. The maximum Gasteiger partial charge on any atom is 0.158 e. The van der Waals surface area contributed by atoms with Crippen LogP contribution in [0, 0.1) is 0 Å². The summed E-state index contributed by atoms with van der Waals surface area (Å²) in [7, 11) is 0. The van der Waals surface area contributed by atoms with Gasteiger partial charge >= 0.3 is 0 Å². The van der Waals surface area contributed by atoms with Crippen LogP contribution in [0.15, 0.2) is 6.07 Å². The third-order valence-corrected chi connectivity index (χ3v) is 3.43. The Kier molecular flexibility index (Phi) is 6.05. The number of rotatable bonds is 7. The van der Waals surface area contributed by atoms with Gasteiger partial charge in [-0.25, -0.2) is 9.97 Å². The molecule has 112 valence electrons. The Balaban J connectivity index is 2.14. The van der Waals surface area contributed by atoms with E-state index in [4.69, 9.17) is 4.74 Å². The van der Waals surface area contributed by atoms with Crippen LogP contribution in [0.1, 0.15) is 45.4 Å². The van der Waals surface area contributed by atoms with Gasteiger partial charge in [0.1, 0.15) is 18.2 Å². The lowest BCUT2D eigenvalue weighted by Crippen LogP contribution is -2.30. The molecule has 2 heterocycles. The van der Waals surface area contributed by atoms with Crippen molar-refractivity contribution in [2.24, 2.45) is 0 Å². The van der Waals surface area contributed by atoms with E-state index in [-0.39, 0.29) is 0 Å². The smallest absolute Gasteiger partial charge is 0.158 e. The van der Waals surface area contributed by atoms with E-state index >= 15 is 0 Å². The summed E-state index contributed by atoms with van der Waals surface area (Å²) in [6, 6.07) is 2.07. The van der Waals surface area contributed by atoms with Crippen molar-refractivity contribution >= 4 is 11.6 Å². The van der Waals surface area contributed by atoms with E-state index in [1.54, 1.807) is 0 Å². The summed E-state index contributed by atoms with van der Waals surface area (Å²) in [5.74, 6) is 2.72. The molecule has 0 bridgehead atoms. The quantitative estimate of drug-likeness (QED) is 0.831. The first kappa shape index (κ1) is 15.0. The molecule has 20 heavy (non-hydrogen) atoms. The van der Waals surface area contributed by atoms with E-state index in [1.165, 1.54) is 19.3 Å². The van der Waals surface area contributed by atoms with Crippen LogP contribution in [0.3, 0.4) is 0 Å².